The van der Waals surface area contributed by atoms with Crippen molar-refractivity contribution < 1.29 is 4.79 Å². The Labute approximate surface area is 137 Å². The summed E-state index contributed by atoms with van der Waals surface area (Å²) in [5, 5.41) is 3.19. The lowest BCUT2D eigenvalue weighted by Gasteiger charge is -2.30. The third-order valence-corrected chi connectivity index (χ3v) is 5.07. The minimum Gasteiger partial charge on any atom is -0.333 e. The van der Waals surface area contributed by atoms with Crippen LogP contribution in [0.3, 0.4) is 0 Å². The third-order valence-electron chi connectivity index (χ3n) is 5.07. The van der Waals surface area contributed by atoms with Crippen molar-refractivity contribution >= 4 is 6.03 Å². The molecule has 3 heterocycles. The first-order chi connectivity index (χ1) is 11.2. The van der Waals surface area contributed by atoms with Crippen LogP contribution in [0, 0.1) is 12.8 Å². The van der Waals surface area contributed by atoms with Crippen molar-refractivity contribution in [1.29, 1.82) is 0 Å². The number of aryl methyl sites for hydroxylation is 1. The summed E-state index contributed by atoms with van der Waals surface area (Å²) in [6.07, 6.45) is 6.17. The van der Waals surface area contributed by atoms with Crippen molar-refractivity contribution in [2.45, 2.75) is 25.8 Å². The van der Waals surface area contributed by atoms with Gasteiger partial charge >= 0.3 is 6.03 Å². The Morgan fingerprint density at radius 1 is 1.22 bits per heavy atom. The maximum Gasteiger partial charge on any atom is 0.325 e. The summed E-state index contributed by atoms with van der Waals surface area (Å²) < 4.78 is 1.67. The van der Waals surface area contributed by atoms with Crippen LogP contribution in [-0.2, 0) is 0 Å². The number of aromatic nitrogens is 1. The maximum absolute atomic E-state index is 12.5. The Morgan fingerprint density at radius 2 is 2.13 bits per heavy atom. The molecule has 0 radical (unpaired) electrons. The zero-order valence-corrected chi connectivity index (χ0v) is 13.5. The number of nitrogens with zero attached hydrogens (tertiary/aromatic N) is 2. The lowest BCUT2D eigenvalue weighted by atomic mass is 9.97. The van der Waals surface area contributed by atoms with Gasteiger partial charge in [0.1, 0.15) is 0 Å². The largest absolute Gasteiger partial charge is 0.333 e. The molecule has 2 aliphatic heterocycles. The lowest BCUT2D eigenvalue weighted by Crippen LogP contribution is -2.47. The normalized spacial score (nSPS) is 26.2. The second-order valence-electron chi connectivity index (χ2n) is 6.97. The van der Waals surface area contributed by atoms with Crippen LogP contribution in [0.5, 0.6) is 0 Å². The van der Waals surface area contributed by atoms with Gasteiger partial charge in [-0.2, -0.15) is 0 Å². The smallest absolute Gasteiger partial charge is 0.325 e. The molecular formula is C19H23N3O. The maximum atomic E-state index is 12.5. The van der Waals surface area contributed by atoms with Crippen LogP contribution < -0.4 is 5.32 Å². The van der Waals surface area contributed by atoms with Crippen molar-refractivity contribution in [1.82, 2.24) is 14.8 Å². The summed E-state index contributed by atoms with van der Waals surface area (Å²) >= 11 is 0. The van der Waals surface area contributed by atoms with Gasteiger partial charge in [-0.25, -0.2) is 4.79 Å². The van der Waals surface area contributed by atoms with Gasteiger partial charge in [0.25, 0.3) is 0 Å². The van der Waals surface area contributed by atoms with Crippen molar-refractivity contribution in [3.63, 3.8) is 0 Å². The number of carbonyl (C=O) groups excluding carboxylic acids is 1. The fourth-order valence-corrected chi connectivity index (χ4v) is 3.93. The van der Waals surface area contributed by atoms with Gasteiger partial charge in [-0.3, -0.25) is 4.57 Å². The Hall–Kier alpha value is -2.07. The molecule has 1 aromatic heterocycles. The molecular weight excluding hydrogens is 286 g/mol. The third kappa shape index (κ3) is 3.04. The fraction of sp³-hybridized carbons (Fsp3) is 0.421. The number of benzene rings is 1. The van der Waals surface area contributed by atoms with Crippen LogP contribution >= 0.6 is 0 Å². The van der Waals surface area contributed by atoms with Crippen LogP contribution in [-0.4, -0.2) is 41.2 Å². The van der Waals surface area contributed by atoms with Crippen molar-refractivity contribution in [2.75, 3.05) is 19.6 Å². The summed E-state index contributed by atoms with van der Waals surface area (Å²) in [6, 6.07) is 10.6. The Bertz CT molecular complexity index is 709. The van der Waals surface area contributed by atoms with Gasteiger partial charge < -0.3 is 10.2 Å². The first-order valence-corrected chi connectivity index (χ1v) is 8.45. The van der Waals surface area contributed by atoms with E-state index >= 15 is 0 Å². The predicted octanol–water partition coefficient (Wildman–Crippen LogP) is 3.12. The summed E-state index contributed by atoms with van der Waals surface area (Å²) in [5.41, 5.74) is 3.46. The van der Waals surface area contributed by atoms with Crippen molar-refractivity contribution in [2.24, 2.45) is 5.92 Å². The van der Waals surface area contributed by atoms with E-state index in [-0.39, 0.29) is 12.1 Å². The van der Waals surface area contributed by atoms with Crippen LogP contribution in [0.15, 0.2) is 42.7 Å². The van der Waals surface area contributed by atoms with Crippen molar-refractivity contribution in [3.05, 3.63) is 48.3 Å². The quantitative estimate of drug-likeness (QED) is 0.925. The Kier molecular flexibility index (Phi) is 3.69. The molecule has 120 valence electrons. The highest BCUT2D eigenvalue weighted by Crippen LogP contribution is 2.27. The van der Waals surface area contributed by atoms with Gasteiger partial charge in [-0.1, -0.05) is 29.8 Å². The standard InChI is InChI=1S/C19H23N3O/c1-14-3-2-4-16(9-14)17-6-8-22(12-17)19(23)20-18-10-15-5-7-21(11-15)13-18/h2-4,6,8-9,12,15,18H,5,7,10-11,13H2,1H3,(H,20,23)/t15-,18-/m1/s1. The minimum absolute atomic E-state index is 0.0172. The van der Waals surface area contributed by atoms with E-state index in [9.17, 15) is 4.79 Å². The van der Waals surface area contributed by atoms with Crippen LogP contribution in [0.1, 0.15) is 18.4 Å². The second kappa shape index (κ2) is 5.85. The van der Waals surface area contributed by atoms with E-state index in [0.717, 1.165) is 30.0 Å². The number of nitrogens with one attached hydrogen (secondary N) is 1. The molecule has 2 aromatic rings. The number of carbonyl (C=O) groups is 1. The highest BCUT2D eigenvalue weighted by molar-refractivity contribution is 5.79. The molecule has 1 amide bonds. The second-order valence-corrected chi connectivity index (χ2v) is 6.97. The number of rotatable bonds is 2. The molecule has 0 spiro atoms. The van der Waals surface area contributed by atoms with Crippen LogP contribution in [0.4, 0.5) is 4.79 Å². The SMILES string of the molecule is Cc1cccc(-c2ccn(C(=O)N[C@@H]3C[C@H]4CCN(C4)C3)c2)c1. The minimum atomic E-state index is -0.0172. The lowest BCUT2D eigenvalue weighted by molar-refractivity contribution is 0.206. The average Bonchev–Trinajstić information content (AvgIpc) is 3.14. The molecule has 2 saturated heterocycles. The zero-order valence-electron chi connectivity index (χ0n) is 13.5. The average molecular weight is 309 g/mol. The van der Waals surface area contributed by atoms with Gasteiger partial charge in [0.15, 0.2) is 0 Å². The monoisotopic (exact) mass is 309 g/mol. The topological polar surface area (TPSA) is 37.3 Å². The van der Waals surface area contributed by atoms with Gasteiger partial charge in [0.05, 0.1) is 0 Å². The number of amides is 1. The molecule has 0 saturated carbocycles. The van der Waals surface area contributed by atoms with Crippen LogP contribution in [0.25, 0.3) is 11.1 Å². The first-order valence-electron chi connectivity index (χ1n) is 8.45. The molecule has 3 atom stereocenters. The molecule has 2 aliphatic rings. The van der Waals surface area contributed by atoms with E-state index in [1.165, 1.54) is 25.1 Å². The Balaban J connectivity index is 1.45. The van der Waals surface area contributed by atoms with Crippen molar-refractivity contribution in [3.8, 4) is 11.1 Å². The molecule has 4 heteroatoms. The van der Waals surface area contributed by atoms with E-state index in [1.807, 2.05) is 24.5 Å². The predicted molar refractivity (Wildman–Crippen MR) is 91.5 cm³/mol. The van der Waals surface area contributed by atoms with E-state index < -0.39 is 0 Å². The Morgan fingerprint density at radius 3 is 2.96 bits per heavy atom. The molecule has 1 unspecified atom stereocenters. The fourth-order valence-electron chi connectivity index (χ4n) is 3.93. The summed E-state index contributed by atoms with van der Waals surface area (Å²) in [7, 11) is 0. The molecule has 23 heavy (non-hydrogen) atoms. The van der Waals surface area contributed by atoms with E-state index in [0.29, 0.717) is 0 Å². The molecule has 1 N–H and O–H groups in total. The first kappa shape index (κ1) is 14.5. The molecule has 2 fully saturated rings. The van der Waals surface area contributed by atoms with Gasteiger partial charge in [-0.15, -0.1) is 0 Å². The highest BCUT2D eigenvalue weighted by atomic mass is 16.2. The summed E-state index contributed by atoms with van der Waals surface area (Å²) in [6.45, 7) is 5.49. The van der Waals surface area contributed by atoms with E-state index in [4.69, 9.17) is 0 Å². The molecule has 1 aromatic carbocycles. The molecule has 4 nitrogen and oxygen atoms in total. The highest BCUT2D eigenvalue weighted by Gasteiger charge is 2.32. The molecule has 0 aliphatic carbocycles. The molecule has 2 bridgehead atoms. The van der Waals surface area contributed by atoms with Crippen LogP contribution in [0.2, 0.25) is 0 Å². The van der Waals surface area contributed by atoms with E-state index in [2.05, 4.69) is 35.3 Å². The summed E-state index contributed by atoms with van der Waals surface area (Å²) in [4.78, 5) is 15.0. The number of hydrogen-bond donors (Lipinski definition) is 1. The summed E-state index contributed by atoms with van der Waals surface area (Å²) in [5.74, 6) is 0.765. The zero-order chi connectivity index (χ0) is 15.8. The van der Waals surface area contributed by atoms with E-state index in [1.54, 1.807) is 4.57 Å². The number of piperidine rings is 1. The van der Waals surface area contributed by atoms with Gasteiger partial charge in [0, 0.05) is 31.5 Å². The number of fused-ring (bicyclic) bond motifs is 2. The van der Waals surface area contributed by atoms with Gasteiger partial charge in [-0.05, 0) is 49.4 Å². The van der Waals surface area contributed by atoms with Gasteiger partial charge in [0.2, 0.25) is 0 Å². The number of hydrogen-bond acceptors (Lipinski definition) is 2. The molecule has 4 rings (SSSR count).